The first kappa shape index (κ1) is 20.7. The molecule has 5 nitrogen and oxygen atoms in total. The van der Waals surface area contributed by atoms with E-state index in [-0.39, 0.29) is 24.0 Å². The van der Waals surface area contributed by atoms with Crippen LogP contribution in [0.5, 0.6) is 0 Å². The van der Waals surface area contributed by atoms with E-state index < -0.39 is 0 Å². The van der Waals surface area contributed by atoms with E-state index in [1.54, 1.807) is 6.26 Å². The molecule has 6 heteroatoms. The molecule has 0 unspecified atom stereocenters. The van der Waals surface area contributed by atoms with Crippen LogP contribution < -0.4 is 5.32 Å². The van der Waals surface area contributed by atoms with Crippen LogP contribution in [0, 0.1) is 12.8 Å². The van der Waals surface area contributed by atoms with Gasteiger partial charge < -0.3 is 14.6 Å². The summed E-state index contributed by atoms with van der Waals surface area (Å²) in [5.74, 6) is 2.50. The van der Waals surface area contributed by atoms with Gasteiger partial charge in [0.25, 0.3) is 0 Å². The predicted molar refractivity (Wildman–Crippen MR) is 117 cm³/mol. The van der Waals surface area contributed by atoms with Gasteiger partial charge in [-0.2, -0.15) is 0 Å². The van der Waals surface area contributed by atoms with Crippen molar-refractivity contribution >= 4 is 29.9 Å². The Bertz CT molecular complexity index is 703. The van der Waals surface area contributed by atoms with Crippen molar-refractivity contribution in [2.75, 3.05) is 26.7 Å². The van der Waals surface area contributed by atoms with Crippen molar-refractivity contribution < 1.29 is 4.42 Å². The van der Waals surface area contributed by atoms with Crippen molar-refractivity contribution in [3.8, 4) is 11.5 Å². The molecule has 1 saturated heterocycles. The molecule has 1 aromatic carbocycles. The fourth-order valence-electron chi connectivity index (χ4n) is 3.11. The Hall–Kier alpha value is -1.57. The van der Waals surface area contributed by atoms with Crippen LogP contribution in [0.3, 0.4) is 0 Å². The Morgan fingerprint density at radius 3 is 2.62 bits per heavy atom. The zero-order valence-electron chi connectivity index (χ0n) is 15.9. The molecule has 0 amide bonds. The first-order chi connectivity index (χ1) is 12.2. The van der Waals surface area contributed by atoms with E-state index in [2.05, 4.69) is 46.2 Å². The molecule has 2 heterocycles. The van der Waals surface area contributed by atoms with Crippen molar-refractivity contribution in [1.29, 1.82) is 0 Å². The minimum absolute atomic E-state index is 0. The quantitative estimate of drug-likeness (QED) is 0.417. The smallest absolute Gasteiger partial charge is 0.226 e. The molecular formula is C20H29IN4O. The summed E-state index contributed by atoms with van der Waals surface area (Å²) in [6.45, 7) is 7.37. The number of aliphatic imine (C=N–C) groups is 1. The largest absolute Gasteiger partial charge is 0.444 e. The van der Waals surface area contributed by atoms with Gasteiger partial charge >= 0.3 is 0 Å². The SMILES string of the molecule is CN=C(NCCc1coc(-c2ccc(C)cc2)n1)N1CCC(C)CC1.I. The molecule has 0 aliphatic carbocycles. The predicted octanol–water partition coefficient (Wildman–Crippen LogP) is 4.12. The number of nitrogens with zero attached hydrogens (tertiary/aromatic N) is 3. The van der Waals surface area contributed by atoms with E-state index in [1.807, 2.05) is 19.2 Å². The summed E-state index contributed by atoms with van der Waals surface area (Å²) in [4.78, 5) is 11.4. The molecule has 2 aromatic rings. The lowest BCUT2D eigenvalue weighted by Gasteiger charge is -2.32. The molecule has 0 atom stereocenters. The molecule has 0 spiro atoms. The number of oxazole rings is 1. The number of halogens is 1. The summed E-state index contributed by atoms with van der Waals surface area (Å²) < 4.78 is 5.62. The van der Waals surface area contributed by atoms with Gasteiger partial charge in [0.2, 0.25) is 5.89 Å². The molecule has 0 bridgehead atoms. The highest BCUT2D eigenvalue weighted by molar-refractivity contribution is 14.0. The number of benzene rings is 1. The lowest BCUT2D eigenvalue weighted by molar-refractivity contribution is 0.273. The third kappa shape index (κ3) is 5.46. The number of piperidine rings is 1. The first-order valence-corrected chi connectivity index (χ1v) is 9.12. The minimum Gasteiger partial charge on any atom is -0.444 e. The van der Waals surface area contributed by atoms with E-state index in [1.165, 1.54) is 18.4 Å². The Kier molecular flexibility index (Phi) is 7.93. The second-order valence-corrected chi connectivity index (χ2v) is 6.90. The van der Waals surface area contributed by atoms with Crippen molar-refractivity contribution in [2.24, 2.45) is 10.9 Å². The van der Waals surface area contributed by atoms with Crippen molar-refractivity contribution in [2.45, 2.75) is 33.1 Å². The Morgan fingerprint density at radius 1 is 1.27 bits per heavy atom. The minimum atomic E-state index is 0. The highest BCUT2D eigenvalue weighted by atomic mass is 127. The van der Waals surface area contributed by atoms with Crippen LogP contribution in [0.1, 0.15) is 31.0 Å². The monoisotopic (exact) mass is 468 g/mol. The average molecular weight is 468 g/mol. The lowest BCUT2D eigenvalue weighted by Crippen LogP contribution is -2.45. The summed E-state index contributed by atoms with van der Waals surface area (Å²) >= 11 is 0. The van der Waals surface area contributed by atoms with Crippen molar-refractivity contribution in [3.05, 3.63) is 41.8 Å². The number of hydrogen-bond acceptors (Lipinski definition) is 3. The van der Waals surface area contributed by atoms with Crippen LogP contribution in [0.25, 0.3) is 11.5 Å². The maximum absolute atomic E-state index is 5.62. The van der Waals surface area contributed by atoms with Gasteiger partial charge in [0.05, 0.1) is 5.69 Å². The van der Waals surface area contributed by atoms with Gasteiger partial charge in [-0.25, -0.2) is 4.98 Å². The molecule has 142 valence electrons. The molecule has 0 saturated carbocycles. The van der Waals surface area contributed by atoms with Crippen molar-refractivity contribution in [1.82, 2.24) is 15.2 Å². The third-order valence-electron chi connectivity index (χ3n) is 4.81. The van der Waals surface area contributed by atoms with Crippen LogP contribution in [0.2, 0.25) is 0 Å². The van der Waals surface area contributed by atoms with Crippen molar-refractivity contribution in [3.63, 3.8) is 0 Å². The maximum atomic E-state index is 5.62. The van der Waals surface area contributed by atoms with Gasteiger partial charge in [0.15, 0.2) is 5.96 Å². The van der Waals surface area contributed by atoms with Gasteiger partial charge in [-0.1, -0.05) is 24.6 Å². The second kappa shape index (κ2) is 9.94. The summed E-state index contributed by atoms with van der Waals surface area (Å²) in [6.07, 6.45) is 5.05. The molecule has 1 aromatic heterocycles. The third-order valence-corrected chi connectivity index (χ3v) is 4.81. The molecule has 1 aliphatic rings. The van der Waals surface area contributed by atoms with Gasteiger partial charge in [-0.05, 0) is 37.8 Å². The van der Waals surface area contributed by atoms with E-state index in [4.69, 9.17) is 4.42 Å². The second-order valence-electron chi connectivity index (χ2n) is 6.90. The number of nitrogens with one attached hydrogen (secondary N) is 1. The van der Waals surface area contributed by atoms with E-state index in [9.17, 15) is 0 Å². The molecular weight excluding hydrogens is 439 g/mol. The average Bonchev–Trinajstić information content (AvgIpc) is 3.09. The number of likely N-dealkylation sites (tertiary alicyclic amines) is 1. The number of aryl methyl sites for hydroxylation is 1. The zero-order chi connectivity index (χ0) is 17.6. The molecule has 1 aliphatic heterocycles. The summed E-state index contributed by atoms with van der Waals surface area (Å²) in [5, 5.41) is 3.45. The van der Waals surface area contributed by atoms with E-state index in [0.717, 1.165) is 49.2 Å². The number of guanidine groups is 1. The molecule has 0 radical (unpaired) electrons. The number of hydrogen-bond donors (Lipinski definition) is 1. The van der Waals surface area contributed by atoms with Crippen LogP contribution in [-0.2, 0) is 6.42 Å². The molecule has 1 N–H and O–H groups in total. The summed E-state index contributed by atoms with van der Waals surface area (Å²) in [5.41, 5.74) is 3.21. The topological polar surface area (TPSA) is 53.7 Å². The normalized spacial score (nSPS) is 15.7. The van der Waals surface area contributed by atoms with Gasteiger partial charge in [-0.15, -0.1) is 24.0 Å². The van der Waals surface area contributed by atoms with Gasteiger partial charge in [0, 0.05) is 38.7 Å². The van der Waals surface area contributed by atoms with Crippen LogP contribution >= 0.6 is 24.0 Å². The standard InChI is InChI=1S/C20H28N4O.HI/c1-15-4-6-17(7-5-15)19-23-18(14-25-19)8-11-22-20(21-3)24-12-9-16(2)10-13-24;/h4-7,14,16H,8-13H2,1-3H3,(H,21,22);1H. The molecule has 3 rings (SSSR count). The number of aromatic nitrogens is 1. The molecule has 26 heavy (non-hydrogen) atoms. The highest BCUT2D eigenvalue weighted by Crippen LogP contribution is 2.19. The highest BCUT2D eigenvalue weighted by Gasteiger charge is 2.18. The fraction of sp³-hybridized carbons (Fsp3) is 0.500. The Balaban J connectivity index is 0.00000243. The Morgan fingerprint density at radius 2 is 1.96 bits per heavy atom. The molecule has 1 fully saturated rings. The van der Waals surface area contributed by atoms with Gasteiger partial charge in [0.1, 0.15) is 6.26 Å². The van der Waals surface area contributed by atoms with Crippen LogP contribution in [0.4, 0.5) is 0 Å². The Labute approximate surface area is 173 Å². The van der Waals surface area contributed by atoms with Crippen LogP contribution in [-0.4, -0.2) is 42.5 Å². The van der Waals surface area contributed by atoms with E-state index in [0.29, 0.717) is 5.89 Å². The van der Waals surface area contributed by atoms with E-state index >= 15 is 0 Å². The lowest BCUT2D eigenvalue weighted by atomic mass is 10.00. The fourth-order valence-corrected chi connectivity index (χ4v) is 3.11. The zero-order valence-corrected chi connectivity index (χ0v) is 18.2. The summed E-state index contributed by atoms with van der Waals surface area (Å²) in [7, 11) is 1.85. The summed E-state index contributed by atoms with van der Waals surface area (Å²) in [6, 6.07) is 8.24. The number of rotatable bonds is 4. The first-order valence-electron chi connectivity index (χ1n) is 9.12. The maximum Gasteiger partial charge on any atom is 0.226 e. The van der Waals surface area contributed by atoms with Crippen LogP contribution in [0.15, 0.2) is 39.9 Å². The van der Waals surface area contributed by atoms with Gasteiger partial charge in [-0.3, -0.25) is 4.99 Å².